The van der Waals surface area contributed by atoms with Gasteiger partial charge in [0.25, 0.3) is 0 Å². The maximum atomic E-state index is 2.67. The van der Waals surface area contributed by atoms with Gasteiger partial charge in [0.2, 0.25) is 0 Å². The Morgan fingerprint density at radius 2 is 1.78 bits per heavy atom. The van der Waals surface area contributed by atoms with Gasteiger partial charge in [-0.1, -0.05) is 65.5 Å². The molecule has 0 aromatic heterocycles. The highest BCUT2D eigenvalue weighted by molar-refractivity contribution is 5.50. The first-order valence-corrected chi connectivity index (χ1v) is 10.1. The Morgan fingerprint density at radius 1 is 1.04 bits per heavy atom. The molecule has 2 rings (SSSR count). The van der Waals surface area contributed by atoms with E-state index in [1.807, 2.05) is 0 Å². The summed E-state index contributed by atoms with van der Waals surface area (Å²) in [6.45, 7) is 10.6. The minimum atomic E-state index is 0.774. The van der Waals surface area contributed by atoms with Crippen LogP contribution >= 0.6 is 0 Å². The minimum Gasteiger partial charge on any atom is -0.369 e. The van der Waals surface area contributed by atoms with Crippen LogP contribution in [0, 0.1) is 11.8 Å². The maximum absolute atomic E-state index is 2.67. The van der Waals surface area contributed by atoms with E-state index < -0.39 is 0 Å². The molecular weight excluding hydrogens is 278 g/mol. The molecule has 2 unspecified atom stereocenters. The van der Waals surface area contributed by atoms with Crippen LogP contribution in [0.1, 0.15) is 78.2 Å². The molecule has 1 aromatic rings. The Balaban J connectivity index is 2.10. The summed E-state index contributed by atoms with van der Waals surface area (Å²) in [5.41, 5.74) is 3.02. The standard InChI is InChI=1S/C22H37N/c1-5-11-21-14-10-15-23(21)22-13-9-12-18(17-22)16-20(8-4)19(6-2)7-3/h9,12-13,17,19-21H,5-8,10-11,14-16H2,1-4H3. The zero-order valence-corrected chi connectivity index (χ0v) is 15.9. The summed E-state index contributed by atoms with van der Waals surface area (Å²) in [7, 11) is 0. The summed E-state index contributed by atoms with van der Waals surface area (Å²) < 4.78 is 0. The third-order valence-corrected chi connectivity index (χ3v) is 5.98. The molecule has 130 valence electrons. The van der Waals surface area contributed by atoms with Crippen LogP contribution in [-0.2, 0) is 6.42 Å². The third-order valence-electron chi connectivity index (χ3n) is 5.98. The van der Waals surface area contributed by atoms with E-state index in [0.29, 0.717) is 0 Å². The molecule has 1 heteroatoms. The smallest absolute Gasteiger partial charge is 0.0371 e. The molecule has 0 amide bonds. The predicted molar refractivity (Wildman–Crippen MR) is 103 cm³/mol. The molecule has 0 saturated carbocycles. The number of anilines is 1. The van der Waals surface area contributed by atoms with Crippen molar-refractivity contribution in [2.24, 2.45) is 11.8 Å². The molecule has 1 aliphatic heterocycles. The number of hydrogen-bond acceptors (Lipinski definition) is 1. The van der Waals surface area contributed by atoms with Gasteiger partial charge < -0.3 is 4.90 Å². The highest BCUT2D eigenvalue weighted by Crippen LogP contribution is 2.31. The van der Waals surface area contributed by atoms with E-state index in [1.165, 1.54) is 63.6 Å². The molecule has 0 aliphatic carbocycles. The van der Waals surface area contributed by atoms with Crippen LogP contribution in [0.2, 0.25) is 0 Å². The zero-order chi connectivity index (χ0) is 16.7. The van der Waals surface area contributed by atoms with Gasteiger partial charge >= 0.3 is 0 Å². The van der Waals surface area contributed by atoms with Crippen LogP contribution in [0.25, 0.3) is 0 Å². The highest BCUT2D eigenvalue weighted by Gasteiger charge is 2.24. The quantitative estimate of drug-likeness (QED) is 0.505. The normalized spacial score (nSPS) is 19.5. The lowest BCUT2D eigenvalue weighted by molar-refractivity contribution is 0.302. The number of rotatable bonds is 9. The molecule has 1 heterocycles. The Labute approximate surface area is 144 Å². The van der Waals surface area contributed by atoms with Crippen molar-refractivity contribution in [1.82, 2.24) is 0 Å². The van der Waals surface area contributed by atoms with Crippen LogP contribution in [0.5, 0.6) is 0 Å². The molecule has 23 heavy (non-hydrogen) atoms. The molecule has 0 radical (unpaired) electrons. The van der Waals surface area contributed by atoms with E-state index in [1.54, 1.807) is 5.56 Å². The van der Waals surface area contributed by atoms with E-state index in [4.69, 9.17) is 0 Å². The van der Waals surface area contributed by atoms with Gasteiger partial charge in [0.15, 0.2) is 0 Å². The lowest BCUT2D eigenvalue weighted by atomic mass is 9.82. The minimum absolute atomic E-state index is 0.774. The summed E-state index contributed by atoms with van der Waals surface area (Å²) in [5.74, 6) is 1.72. The lowest BCUT2D eigenvalue weighted by Crippen LogP contribution is -2.29. The second-order valence-electron chi connectivity index (χ2n) is 7.40. The van der Waals surface area contributed by atoms with Crippen molar-refractivity contribution in [1.29, 1.82) is 0 Å². The summed E-state index contributed by atoms with van der Waals surface area (Å²) in [6.07, 6.45) is 10.6. The molecule has 0 N–H and O–H groups in total. The molecule has 0 spiro atoms. The first-order valence-electron chi connectivity index (χ1n) is 10.1. The fourth-order valence-corrected chi connectivity index (χ4v) is 4.57. The van der Waals surface area contributed by atoms with E-state index in [0.717, 1.165) is 17.9 Å². The average molecular weight is 316 g/mol. The average Bonchev–Trinajstić information content (AvgIpc) is 3.04. The second-order valence-corrected chi connectivity index (χ2v) is 7.40. The fraction of sp³-hybridized carbons (Fsp3) is 0.727. The molecular formula is C22H37N. The van der Waals surface area contributed by atoms with E-state index in [-0.39, 0.29) is 0 Å². The second kappa shape index (κ2) is 9.35. The Morgan fingerprint density at radius 3 is 2.43 bits per heavy atom. The third kappa shape index (κ3) is 4.75. The molecule has 2 atom stereocenters. The Hall–Kier alpha value is -0.980. The van der Waals surface area contributed by atoms with Gasteiger partial charge in [-0.15, -0.1) is 0 Å². The van der Waals surface area contributed by atoms with Crippen molar-refractivity contribution in [3.8, 4) is 0 Å². The molecule has 1 saturated heterocycles. The highest BCUT2D eigenvalue weighted by atomic mass is 15.2. The summed E-state index contributed by atoms with van der Waals surface area (Å²) in [4.78, 5) is 2.67. The van der Waals surface area contributed by atoms with E-state index >= 15 is 0 Å². The van der Waals surface area contributed by atoms with Gasteiger partial charge in [0.1, 0.15) is 0 Å². The van der Waals surface area contributed by atoms with Gasteiger partial charge in [-0.3, -0.25) is 0 Å². The van der Waals surface area contributed by atoms with Crippen molar-refractivity contribution in [2.45, 2.75) is 85.1 Å². The first kappa shape index (κ1) is 18.4. The summed E-state index contributed by atoms with van der Waals surface area (Å²) in [6, 6.07) is 10.2. The number of hydrogen-bond donors (Lipinski definition) is 0. The van der Waals surface area contributed by atoms with Crippen molar-refractivity contribution in [3.05, 3.63) is 29.8 Å². The maximum Gasteiger partial charge on any atom is 0.0371 e. The van der Waals surface area contributed by atoms with Crippen LogP contribution in [0.3, 0.4) is 0 Å². The van der Waals surface area contributed by atoms with Crippen LogP contribution in [0.4, 0.5) is 5.69 Å². The van der Waals surface area contributed by atoms with Gasteiger partial charge in [0.05, 0.1) is 0 Å². The predicted octanol–water partition coefficient (Wildman–Crippen LogP) is 6.46. The SMILES string of the molecule is CCCC1CCCN1c1cccc(CC(CC)C(CC)CC)c1. The summed E-state index contributed by atoms with van der Waals surface area (Å²) in [5, 5.41) is 0. The molecule has 0 bridgehead atoms. The van der Waals surface area contributed by atoms with Gasteiger partial charge in [0, 0.05) is 18.3 Å². The van der Waals surface area contributed by atoms with Crippen LogP contribution in [0.15, 0.2) is 24.3 Å². The molecule has 1 aliphatic rings. The lowest BCUT2D eigenvalue weighted by Gasteiger charge is -2.28. The molecule has 1 nitrogen and oxygen atoms in total. The molecule has 1 fully saturated rings. The monoisotopic (exact) mass is 315 g/mol. The van der Waals surface area contributed by atoms with Crippen molar-refractivity contribution < 1.29 is 0 Å². The molecule has 1 aromatic carbocycles. The Kier molecular flexibility index (Phi) is 7.46. The van der Waals surface area contributed by atoms with Crippen molar-refractivity contribution in [2.75, 3.05) is 11.4 Å². The van der Waals surface area contributed by atoms with Crippen LogP contribution < -0.4 is 4.90 Å². The first-order chi connectivity index (χ1) is 11.2. The van der Waals surface area contributed by atoms with Gasteiger partial charge in [-0.05, 0) is 55.2 Å². The van der Waals surface area contributed by atoms with Gasteiger partial charge in [-0.25, -0.2) is 0 Å². The van der Waals surface area contributed by atoms with Crippen molar-refractivity contribution >= 4 is 5.69 Å². The largest absolute Gasteiger partial charge is 0.369 e. The Bertz CT molecular complexity index is 449. The van der Waals surface area contributed by atoms with Crippen molar-refractivity contribution in [3.63, 3.8) is 0 Å². The zero-order valence-electron chi connectivity index (χ0n) is 15.9. The number of benzene rings is 1. The number of nitrogens with zero attached hydrogens (tertiary/aromatic N) is 1. The fourth-order valence-electron chi connectivity index (χ4n) is 4.57. The van der Waals surface area contributed by atoms with E-state index in [2.05, 4.69) is 56.9 Å². The van der Waals surface area contributed by atoms with E-state index in [9.17, 15) is 0 Å². The summed E-state index contributed by atoms with van der Waals surface area (Å²) >= 11 is 0. The van der Waals surface area contributed by atoms with Crippen LogP contribution in [-0.4, -0.2) is 12.6 Å². The van der Waals surface area contributed by atoms with Gasteiger partial charge in [-0.2, -0.15) is 0 Å². The topological polar surface area (TPSA) is 3.24 Å².